The number of nitrogens with zero attached hydrogens (tertiary/aromatic N) is 6. The maximum atomic E-state index is 13.2. The molecule has 1 aliphatic heterocycles. The van der Waals surface area contributed by atoms with Gasteiger partial charge in [0.25, 0.3) is 9.84 Å². The molecule has 2 aromatic heterocycles. The lowest BCUT2D eigenvalue weighted by Gasteiger charge is -2.32. The van der Waals surface area contributed by atoms with Crippen LogP contribution in [0, 0.1) is 16.5 Å². The quantitative estimate of drug-likeness (QED) is 0.118. The van der Waals surface area contributed by atoms with E-state index in [1.807, 2.05) is 35.2 Å². The number of hydrogen-bond acceptors (Lipinski definition) is 12. The van der Waals surface area contributed by atoms with Gasteiger partial charge in [0.1, 0.15) is 17.7 Å². The van der Waals surface area contributed by atoms with Gasteiger partial charge in [-0.25, -0.2) is 18.4 Å². The molecule has 1 amide bonds. The average Bonchev–Trinajstić information content (AvgIpc) is 3.48. The Labute approximate surface area is 284 Å². The molecule has 0 saturated carbocycles. The number of nitriles is 1. The predicted molar refractivity (Wildman–Crippen MR) is 176 cm³/mol. The summed E-state index contributed by atoms with van der Waals surface area (Å²) in [7, 11) is -4.27. The Kier molecular flexibility index (Phi) is 9.76. The van der Waals surface area contributed by atoms with Crippen LogP contribution >= 0.6 is 23.4 Å². The predicted octanol–water partition coefficient (Wildman–Crippen LogP) is 4.90. The van der Waals surface area contributed by atoms with Crippen LogP contribution < -0.4 is 19.9 Å². The van der Waals surface area contributed by atoms with Crippen LogP contribution in [-0.4, -0.2) is 54.4 Å². The number of halogens is 1. The van der Waals surface area contributed by atoms with Crippen molar-refractivity contribution < 1.29 is 27.5 Å². The van der Waals surface area contributed by atoms with Gasteiger partial charge in [-0.05, 0) is 35.2 Å². The SMILES string of the molecule is N#Cc1c(-c2ccccc2)nc(SCC(=O)Nc2cccc(Cl)c2)nc1N1CCC(Oc2no[n+]([O-])c2S(=O)(=O)c2ccccc2)CC1. The number of benzene rings is 3. The fourth-order valence-electron chi connectivity index (χ4n) is 5.09. The third-order valence-corrected chi connectivity index (χ3v) is 10.2. The Morgan fingerprint density at radius 2 is 1.79 bits per heavy atom. The number of hydrogen-bond donors (Lipinski definition) is 1. The third kappa shape index (κ3) is 7.20. The summed E-state index contributed by atoms with van der Waals surface area (Å²) in [5.74, 6) is -0.299. The molecule has 1 saturated heterocycles. The lowest BCUT2D eigenvalue weighted by molar-refractivity contribution is -0.832. The van der Waals surface area contributed by atoms with Gasteiger partial charge < -0.3 is 20.2 Å². The van der Waals surface area contributed by atoms with Gasteiger partial charge in [0.2, 0.25) is 5.91 Å². The molecule has 0 radical (unpaired) electrons. The lowest BCUT2D eigenvalue weighted by atomic mass is 10.0. The van der Waals surface area contributed by atoms with Crippen molar-refractivity contribution in [2.45, 2.75) is 34.0 Å². The van der Waals surface area contributed by atoms with Crippen LogP contribution in [0.1, 0.15) is 18.4 Å². The van der Waals surface area contributed by atoms with Gasteiger partial charge in [-0.3, -0.25) is 9.42 Å². The maximum absolute atomic E-state index is 13.2. The van der Waals surface area contributed by atoms with Gasteiger partial charge >= 0.3 is 10.9 Å². The minimum Gasteiger partial charge on any atom is -0.451 e. The topological polar surface area (TPSA) is 178 Å². The highest BCUT2D eigenvalue weighted by Crippen LogP contribution is 2.33. The molecule has 0 bridgehead atoms. The van der Waals surface area contributed by atoms with Crippen molar-refractivity contribution in [3.63, 3.8) is 0 Å². The minimum absolute atomic E-state index is 0.00757. The number of thioether (sulfide) groups is 1. The molecule has 244 valence electrons. The summed E-state index contributed by atoms with van der Waals surface area (Å²) in [5, 5.41) is 29.1. The van der Waals surface area contributed by atoms with E-state index in [0.717, 1.165) is 11.8 Å². The maximum Gasteiger partial charge on any atom is 0.415 e. The molecule has 0 aliphatic carbocycles. The van der Waals surface area contributed by atoms with E-state index in [-0.39, 0.29) is 27.0 Å². The van der Waals surface area contributed by atoms with E-state index in [0.29, 0.717) is 58.9 Å². The molecule has 16 heteroatoms. The lowest BCUT2D eigenvalue weighted by Crippen LogP contribution is -2.39. The van der Waals surface area contributed by atoms with Gasteiger partial charge in [-0.1, -0.05) is 78.0 Å². The number of rotatable bonds is 10. The average molecular weight is 704 g/mol. The molecule has 0 atom stereocenters. The largest absolute Gasteiger partial charge is 0.451 e. The van der Waals surface area contributed by atoms with Crippen molar-refractivity contribution in [3.8, 4) is 23.2 Å². The van der Waals surface area contributed by atoms with E-state index in [1.54, 1.807) is 30.3 Å². The minimum atomic E-state index is -4.27. The van der Waals surface area contributed by atoms with Crippen molar-refractivity contribution >= 4 is 50.6 Å². The molecular weight excluding hydrogens is 678 g/mol. The molecule has 1 N–H and O–H groups in total. The molecule has 3 heterocycles. The first-order valence-corrected chi connectivity index (χ1v) is 17.4. The summed E-state index contributed by atoms with van der Waals surface area (Å²) in [6, 6.07) is 25.8. The number of sulfone groups is 1. The zero-order chi connectivity index (χ0) is 33.7. The van der Waals surface area contributed by atoms with Crippen LogP contribution in [0.5, 0.6) is 5.88 Å². The number of carbonyl (C=O) groups is 1. The number of aromatic nitrogens is 4. The van der Waals surface area contributed by atoms with Crippen LogP contribution in [0.15, 0.2) is 105 Å². The smallest absolute Gasteiger partial charge is 0.415 e. The molecule has 1 aliphatic rings. The van der Waals surface area contributed by atoms with E-state index >= 15 is 0 Å². The first-order valence-electron chi connectivity index (χ1n) is 14.6. The summed E-state index contributed by atoms with van der Waals surface area (Å²) >= 11 is 7.16. The second kappa shape index (κ2) is 14.3. The Balaban J connectivity index is 1.21. The Morgan fingerprint density at radius 1 is 1.08 bits per heavy atom. The molecule has 13 nitrogen and oxygen atoms in total. The van der Waals surface area contributed by atoms with Crippen LogP contribution in [-0.2, 0) is 14.6 Å². The van der Waals surface area contributed by atoms with Crippen LogP contribution in [0.25, 0.3) is 11.3 Å². The fraction of sp³-hybridized carbons (Fsp3) is 0.188. The second-order valence-corrected chi connectivity index (χ2v) is 13.8. The zero-order valence-electron chi connectivity index (χ0n) is 25.0. The van der Waals surface area contributed by atoms with Gasteiger partial charge in [0.05, 0.1) is 21.5 Å². The zero-order valence-corrected chi connectivity index (χ0v) is 27.4. The first kappa shape index (κ1) is 32.8. The van der Waals surface area contributed by atoms with Crippen molar-refractivity contribution in [2.75, 3.05) is 29.1 Å². The van der Waals surface area contributed by atoms with Crippen LogP contribution in [0.4, 0.5) is 11.5 Å². The Hall–Kier alpha value is -5.17. The van der Waals surface area contributed by atoms with Crippen molar-refractivity contribution in [1.29, 1.82) is 5.26 Å². The number of carbonyl (C=O) groups excluding carboxylic acids is 1. The number of piperidine rings is 1. The Morgan fingerprint density at radius 3 is 2.48 bits per heavy atom. The molecule has 5 aromatic rings. The van der Waals surface area contributed by atoms with Gasteiger partial charge in [0, 0.05) is 42.2 Å². The van der Waals surface area contributed by atoms with E-state index in [2.05, 4.69) is 26.2 Å². The standard InChI is InChI=1S/C32H26ClN7O6S2/c33-22-10-7-11-23(18-22)35-27(41)20-47-32-36-28(21-8-3-1-4-9-21)26(19-34)29(37-32)39-16-14-24(15-17-39)45-30-31(40(42)46-38-30)48(43,44)25-12-5-2-6-13-25/h1-13,18,24H,14-17,20H2,(H,35,41). The summed E-state index contributed by atoms with van der Waals surface area (Å²) in [6.07, 6.45) is 0.258. The van der Waals surface area contributed by atoms with Crippen molar-refractivity contribution in [3.05, 3.63) is 101 Å². The number of anilines is 2. The number of amides is 1. The van der Waals surface area contributed by atoms with Crippen LogP contribution in [0.2, 0.25) is 5.02 Å². The van der Waals surface area contributed by atoms with Gasteiger partial charge in [-0.2, -0.15) is 5.26 Å². The highest BCUT2D eigenvalue weighted by molar-refractivity contribution is 7.99. The number of nitrogens with one attached hydrogen (secondary N) is 1. The normalized spacial score (nSPS) is 13.5. The molecular formula is C32H26ClN7O6S2. The molecule has 3 aromatic carbocycles. The summed E-state index contributed by atoms with van der Waals surface area (Å²) in [6.45, 7) is 0.750. The fourth-order valence-corrected chi connectivity index (χ4v) is 7.20. The van der Waals surface area contributed by atoms with Gasteiger partial charge in [-0.15, -0.1) is 0 Å². The second-order valence-electron chi connectivity index (χ2n) is 10.5. The van der Waals surface area contributed by atoms with Crippen molar-refractivity contribution in [2.24, 2.45) is 0 Å². The van der Waals surface area contributed by atoms with Gasteiger partial charge in [0.15, 0.2) is 11.0 Å². The van der Waals surface area contributed by atoms with E-state index in [4.69, 9.17) is 21.3 Å². The molecule has 0 unspecified atom stereocenters. The first-order chi connectivity index (χ1) is 23.2. The molecule has 0 spiro atoms. The Bertz CT molecular complexity index is 2090. The van der Waals surface area contributed by atoms with E-state index < -0.39 is 26.8 Å². The highest BCUT2D eigenvalue weighted by atomic mass is 35.5. The third-order valence-electron chi connectivity index (χ3n) is 7.34. The van der Waals surface area contributed by atoms with Crippen LogP contribution in [0.3, 0.4) is 0 Å². The van der Waals surface area contributed by atoms with E-state index in [9.17, 15) is 23.7 Å². The summed E-state index contributed by atoms with van der Waals surface area (Å²) in [4.78, 5) is 23.7. The highest BCUT2D eigenvalue weighted by Gasteiger charge is 2.38. The molecule has 6 rings (SSSR count). The number of ether oxygens (including phenoxy) is 1. The monoisotopic (exact) mass is 703 g/mol. The van der Waals surface area contributed by atoms with Crippen molar-refractivity contribution in [1.82, 2.24) is 15.1 Å². The van der Waals surface area contributed by atoms with E-state index in [1.165, 1.54) is 24.3 Å². The molecule has 1 fully saturated rings. The summed E-state index contributed by atoms with van der Waals surface area (Å²) in [5.41, 5.74) is 1.97. The summed E-state index contributed by atoms with van der Waals surface area (Å²) < 4.78 is 36.9. The molecule has 48 heavy (non-hydrogen) atoms.